The first-order chi connectivity index (χ1) is 14.1. The molecule has 0 saturated heterocycles. The highest BCUT2D eigenvalue weighted by Gasteiger charge is 2.39. The average molecular weight is 389 g/mol. The van der Waals surface area contributed by atoms with E-state index in [2.05, 4.69) is 46.4 Å². The summed E-state index contributed by atoms with van der Waals surface area (Å²) in [5.41, 5.74) is 3.38. The average Bonchev–Trinajstić information content (AvgIpc) is 3.21. The standard InChI is InChI=1S/C22H23N5O2/c1-4-15-9-11-16(12-10-15)20-19(14(2)25-22-23-13-24-27(20)22)21(28)26-17-7-5-6-8-18(17)29-3/h5-13,19-20H,2,4H2,1,3H3,(H,26,28)(H,23,24,25). The Morgan fingerprint density at radius 3 is 2.72 bits per heavy atom. The van der Waals surface area contributed by atoms with Crippen LogP contribution in [0, 0.1) is 5.92 Å². The summed E-state index contributed by atoms with van der Waals surface area (Å²) in [6.45, 7) is 6.22. The van der Waals surface area contributed by atoms with Gasteiger partial charge >= 0.3 is 0 Å². The van der Waals surface area contributed by atoms with E-state index < -0.39 is 5.92 Å². The molecule has 0 spiro atoms. The fourth-order valence-corrected chi connectivity index (χ4v) is 3.64. The van der Waals surface area contributed by atoms with E-state index in [4.69, 9.17) is 4.74 Å². The molecule has 1 amide bonds. The van der Waals surface area contributed by atoms with E-state index in [9.17, 15) is 4.79 Å². The summed E-state index contributed by atoms with van der Waals surface area (Å²) in [5, 5.41) is 10.5. The number of anilines is 2. The molecule has 7 heteroatoms. The van der Waals surface area contributed by atoms with Crippen LogP contribution in [-0.2, 0) is 11.2 Å². The van der Waals surface area contributed by atoms with E-state index in [1.165, 1.54) is 11.9 Å². The van der Waals surface area contributed by atoms with Gasteiger partial charge in [-0.2, -0.15) is 10.1 Å². The molecule has 1 aliphatic heterocycles. The van der Waals surface area contributed by atoms with Crippen LogP contribution < -0.4 is 15.4 Å². The molecule has 2 N–H and O–H groups in total. The number of amides is 1. The molecule has 2 heterocycles. The second-order valence-electron chi connectivity index (χ2n) is 6.89. The zero-order valence-electron chi connectivity index (χ0n) is 16.4. The zero-order valence-corrected chi connectivity index (χ0v) is 16.4. The first-order valence-corrected chi connectivity index (χ1v) is 9.50. The number of aryl methyl sites for hydroxylation is 1. The molecular weight excluding hydrogens is 366 g/mol. The summed E-state index contributed by atoms with van der Waals surface area (Å²) < 4.78 is 7.10. The quantitative estimate of drug-likeness (QED) is 0.696. The molecule has 2 unspecified atom stereocenters. The lowest BCUT2D eigenvalue weighted by Gasteiger charge is -2.34. The molecule has 1 aromatic heterocycles. The largest absolute Gasteiger partial charge is 0.495 e. The van der Waals surface area contributed by atoms with E-state index in [0.29, 0.717) is 23.1 Å². The molecule has 1 aliphatic rings. The molecule has 0 fully saturated rings. The van der Waals surface area contributed by atoms with Crippen molar-refractivity contribution in [2.75, 3.05) is 17.7 Å². The monoisotopic (exact) mass is 389 g/mol. The Balaban J connectivity index is 1.72. The number of para-hydroxylation sites is 2. The highest BCUT2D eigenvalue weighted by atomic mass is 16.5. The number of ether oxygens (including phenoxy) is 1. The van der Waals surface area contributed by atoms with Crippen LogP contribution in [0.1, 0.15) is 24.1 Å². The molecule has 0 aliphatic carbocycles. The van der Waals surface area contributed by atoms with Crippen molar-refractivity contribution in [1.82, 2.24) is 14.8 Å². The molecule has 0 saturated carbocycles. The minimum Gasteiger partial charge on any atom is -0.495 e. The Bertz CT molecular complexity index is 1040. The van der Waals surface area contributed by atoms with Gasteiger partial charge in [0.25, 0.3) is 0 Å². The molecule has 2 atom stereocenters. The number of aromatic nitrogens is 3. The highest BCUT2D eigenvalue weighted by Crippen LogP contribution is 2.38. The van der Waals surface area contributed by atoms with Crippen molar-refractivity contribution in [3.05, 3.63) is 78.3 Å². The van der Waals surface area contributed by atoms with E-state index in [1.807, 2.05) is 30.3 Å². The van der Waals surface area contributed by atoms with E-state index >= 15 is 0 Å². The van der Waals surface area contributed by atoms with Crippen LogP contribution in [0.25, 0.3) is 0 Å². The van der Waals surface area contributed by atoms with Gasteiger partial charge in [0, 0.05) is 5.70 Å². The minimum absolute atomic E-state index is 0.197. The predicted molar refractivity (Wildman–Crippen MR) is 112 cm³/mol. The van der Waals surface area contributed by atoms with Gasteiger partial charge in [0.2, 0.25) is 11.9 Å². The number of nitrogens with zero attached hydrogens (tertiary/aromatic N) is 3. The normalized spacial score (nSPS) is 17.9. The van der Waals surface area contributed by atoms with Gasteiger partial charge in [-0.3, -0.25) is 4.79 Å². The van der Waals surface area contributed by atoms with Crippen LogP contribution >= 0.6 is 0 Å². The topological polar surface area (TPSA) is 81.1 Å². The highest BCUT2D eigenvalue weighted by molar-refractivity contribution is 5.96. The smallest absolute Gasteiger partial charge is 0.236 e. The number of hydrogen-bond acceptors (Lipinski definition) is 5. The number of fused-ring (bicyclic) bond motifs is 1. The van der Waals surface area contributed by atoms with Gasteiger partial charge in [-0.15, -0.1) is 0 Å². The SMILES string of the molecule is C=C1Nc2ncnn2C(c2ccc(CC)cc2)C1C(=O)Nc1ccccc1OC. The van der Waals surface area contributed by atoms with Crippen LogP contribution in [0.4, 0.5) is 11.6 Å². The Kier molecular flexibility index (Phi) is 5.03. The Hall–Kier alpha value is -3.61. The van der Waals surface area contributed by atoms with E-state index in [0.717, 1.165) is 12.0 Å². The van der Waals surface area contributed by atoms with Crippen LogP contribution in [0.3, 0.4) is 0 Å². The Labute approximate surface area is 169 Å². The molecule has 7 nitrogen and oxygen atoms in total. The summed E-state index contributed by atoms with van der Waals surface area (Å²) in [5.74, 6) is 0.390. The van der Waals surface area contributed by atoms with Crippen molar-refractivity contribution in [3.8, 4) is 5.75 Å². The molecular formula is C22H23N5O2. The van der Waals surface area contributed by atoms with Crippen molar-refractivity contribution >= 4 is 17.5 Å². The maximum absolute atomic E-state index is 13.4. The third-order valence-corrected chi connectivity index (χ3v) is 5.18. The fourth-order valence-electron chi connectivity index (χ4n) is 3.64. The van der Waals surface area contributed by atoms with E-state index in [-0.39, 0.29) is 11.9 Å². The lowest BCUT2D eigenvalue weighted by molar-refractivity contribution is -0.119. The van der Waals surface area contributed by atoms with Crippen molar-refractivity contribution in [1.29, 1.82) is 0 Å². The van der Waals surface area contributed by atoms with Gasteiger partial charge in [0.1, 0.15) is 18.0 Å². The van der Waals surface area contributed by atoms with Gasteiger partial charge in [0.15, 0.2) is 0 Å². The van der Waals surface area contributed by atoms with E-state index in [1.54, 1.807) is 17.9 Å². The number of methoxy groups -OCH3 is 1. The summed E-state index contributed by atoms with van der Waals surface area (Å²) in [6, 6.07) is 15.2. The Morgan fingerprint density at radius 2 is 2.00 bits per heavy atom. The molecule has 148 valence electrons. The van der Waals surface area contributed by atoms with Crippen molar-refractivity contribution in [3.63, 3.8) is 0 Å². The number of benzene rings is 2. The van der Waals surface area contributed by atoms with Gasteiger partial charge in [0.05, 0.1) is 18.8 Å². The number of hydrogen-bond donors (Lipinski definition) is 2. The van der Waals surface area contributed by atoms with Gasteiger partial charge in [-0.05, 0) is 29.7 Å². The summed E-state index contributed by atoms with van der Waals surface area (Å²) in [6.07, 6.45) is 2.43. The maximum atomic E-state index is 13.4. The fraction of sp³-hybridized carbons (Fsp3) is 0.227. The second-order valence-corrected chi connectivity index (χ2v) is 6.89. The van der Waals surface area contributed by atoms with Crippen LogP contribution in [-0.4, -0.2) is 27.8 Å². The maximum Gasteiger partial charge on any atom is 0.236 e. The zero-order chi connectivity index (χ0) is 20.4. The molecule has 2 aromatic carbocycles. The second kappa shape index (κ2) is 7.79. The van der Waals surface area contributed by atoms with Crippen molar-refractivity contribution in [2.45, 2.75) is 19.4 Å². The molecule has 4 rings (SSSR count). The molecule has 29 heavy (non-hydrogen) atoms. The van der Waals surface area contributed by atoms with Crippen molar-refractivity contribution in [2.24, 2.45) is 5.92 Å². The summed E-state index contributed by atoms with van der Waals surface area (Å²) in [4.78, 5) is 17.6. The third kappa shape index (κ3) is 3.47. The van der Waals surface area contributed by atoms with Gasteiger partial charge in [-0.1, -0.05) is 49.9 Å². The number of carbonyl (C=O) groups is 1. The number of carbonyl (C=O) groups excluding carboxylic acids is 1. The first kappa shape index (κ1) is 18.7. The van der Waals surface area contributed by atoms with Gasteiger partial charge < -0.3 is 15.4 Å². The summed E-state index contributed by atoms with van der Waals surface area (Å²) in [7, 11) is 1.58. The molecule has 0 radical (unpaired) electrons. The predicted octanol–water partition coefficient (Wildman–Crippen LogP) is 3.63. The Morgan fingerprint density at radius 1 is 1.24 bits per heavy atom. The van der Waals surface area contributed by atoms with Crippen LogP contribution in [0.5, 0.6) is 5.75 Å². The van der Waals surface area contributed by atoms with Crippen LogP contribution in [0.15, 0.2) is 67.1 Å². The number of nitrogens with one attached hydrogen (secondary N) is 2. The summed E-state index contributed by atoms with van der Waals surface area (Å²) >= 11 is 0. The molecule has 3 aromatic rings. The minimum atomic E-state index is -0.582. The molecule has 0 bridgehead atoms. The van der Waals surface area contributed by atoms with Crippen LogP contribution in [0.2, 0.25) is 0 Å². The lowest BCUT2D eigenvalue weighted by atomic mass is 9.88. The first-order valence-electron chi connectivity index (χ1n) is 9.50. The van der Waals surface area contributed by atoms with Crippen molar-refractivity contribution < 1.29 is 9.53 Å². The number of rotatable bonds is 5. The lowest BCUT2D eigenvalue weighted by Crippen LogP contribution is -2.39. The van der Waals surface area contributed by atoms with Gasteiger partial charge in [-0.25, -0.2) is 4.68 Å². The third-order valence-electron chi connectivity index (χ3n) is 5.18.